The lowest BCUT2D eigenvalue weighted by molar-refractivity contribution is -0.146. The van der Waals surface area contributed by atoms with Gasteiger partial charge in [-0.25, -0.2) is 0 Å². The SMILES string of the molecule is COC(=O)C(c1ccccc1)C(C=O)C(C)C(N)=O. The van der Waals surface area contributed by atoms with Crippen LogP contribution in [0.15, 0.2) is 30.3 Å². The Balaban J connectivity index is 3.19. The van der Waals surface area contributed by atoms with Gasteiger partial charge in [-0.2, -0.15) is 0 Å². The van der Waals surface area contributed by atoms with Gasteiger partial charge in [0.2, 0.25) is 5.91 Å². The van der Waals surface area contributed by atoms with Gasteiger partial charge in [-0.15, -0.1) is 0 Å². The zero-order valence-electron chi connectivity index (χ0n) is 10.9. The fraction of sp³-hybridized carbons (Fsp3) is 0.357. The standard InChI is InChI=1S/C14H17NO4/c1-9(13(15)17)11(8-16)12(14(18)19-2)10-6-4-3-5-7-10/h3-9,11-12H,1-2H3,(H2,15,17). The Morgan fingerprint density at radius 3 is 2.26 bits per heavy atom. The highest BCUT2D eigenvalue weighted by Gasteiger charge is 2.36. The second-order valence-corrected chi connectivity index (χ2v) is 4.32. The molecular formula is C14H17NO4. The van der Waals surface area contributed by atoms with Gasteiger partial charge in [0.25, 0.3) is 0 Å². The van der Waals surface area contributed by atoms with Crippen LogP contribution in [-0.2, 0) is 19.1 Å². The average molecular weight is 263 g/mol. The molecule has 2 N–H and O–H groups in total. The molecule has 0 aliphatic heterocycles. The molecule has 3 atom stereocenters. The van der Waals surface area contributed by atoms with Crippen molar-refractivity contribution in [3.63, 3.8) is 0 Å². The molecule has 1 amide bonds. The van der Waals surface area contributed by atoms with E-state index < -0.39 is 29.6 Å². The fourth-order valence-corrected chi connectivity index (χ4v) is 1.98. The second kappa shape index (κ2) is 6.68. The average Bonchev–Trinajstić information content (AvgIpc) is 2.43. The van der Waals surface area contributed by atoms with E-state index in [0.29, 0.717) is 11.8 Å². The molecule has 0 fully saturated rings. The first-order valence-corrected chi connectivity index (χ1v) is 5.90. The van der Waals surface area contributed by atoms with Crippen LogP contribution in [0.1, 0.15) is 18.4 Å². The van der Waals surface area contributed by atoms with E-state index in [-0.39, 0.29) is 0 Å². The van der Waals surface area contributed by atoms with Gasteiger partial charge in [-0.3, -0.25) is 9.59 Å². The van der Waals surface area contributed by atoms with Gasteiger partial charge < -0.3 is 15.3 Å². The summed E-state index contributed by atoms with van der Waals surface area (Å²) in [6.45, 7) is 1.53. The minimum absolute atomic E-state index is 0.559. The number of aldehydes is 1. The summed E-state index contributed by atoms with van der Waals surface area (Å²) in [6, 6.07) is 8.73. The number of rotatable bonds is 6. The normalized spacial score (nSPS) is 15.1. The number of hydrogen-bond donors (Lipinski definition) is 1. The van der Waals surface area contributed by atoms with Gasteiger partial charge in [0.15, 0.2) is 0 Å². The van der Waals surface area contributed by atoms with Crippen LogP contribution in [0.25, 0.3) is 0 Å². The first-order chi connectivity index (χ1) is 9.02. The fourth-order valence-electron chi connectivity index (χ4n) is 1.98. The molecule has 0 saturated carbocycles. The van der Waals surface area contributed by atoms with Crippen molar-refractivity contribution in [2.24, 2.45) is 17.6 Å². The summed E-state index contributed by atoms with van der Waals surface area (Å²) in [5, 5.41) is 0. The minimum Gasteiger partial charge on any atom is -0.469 e. The van der Waals surface area contributed by atoms with E-state index in [0.717, 1.165) is 0 Å². The molecule has 102 valence electrons. The van der Waals surface area contributed by atoms with Crippen molar-refractivity contribution in [3.8, 4) is 0 Å². The topological polar surface area (TPSA) is 86.5 Å². The third-order valence-electron chi connectivity index (χ3n) is 3.18. The number of amides is 1. The van der Waals surface area contributed by atoms with Gasteiger partial charge in [0.05, 0.1) is 13.0 Å². The third kappa shape index (κ3) is 3.40. The van der Waals surface area contributed by atoms with Crippen molar-refractivity contribution in [1.29, 1.82) is 0 Å². The summed E-state index contributed by atoms with van der Waals surface area (Å²) < 4.78 is 4.73. The van der Waals surface area contributed by atoms with Crippen LogP contribution < -0.4 is 5.73 Å². The molecule has 3 unspecified atom stereocenters. The van der Waals surface area contributed by atoms with Crippen LogP contribution in [0.2, 0.25) is 0 Å². The van der Waals surface area contributed by atoms with Crippen molar-refractivity contribution in [2.45, 2.75) is 12.8 Å². The molecule has 0 aromatic heterocycles. The van der Waals surface area contributed by atoms with Gasteiger partial charge in [0.1, 0.15) is 6.29 Å². The number of methoxy groups -OCH3 is 1. The van der Waals surface area contributed by atoms with Crippen LogP contribution >= 0.6 is 0 Å². The smallest absolute Gasteiger partial charge is 0.313 e. The lowest BCUT2D eigenvalue weighted by atomic mass is 9.79. The molecule has 19 heavy (non-hydrogen) atoms. The van der Waals surface area contributed by atoms with Crippen molar-refractivity contribution in [1.82, 2.24) is 0 Å². The molecule has 0 radical (unpaired) electrons. The van der Waals surface area contributed by atoms with Crippen molar-refractivity contribution in [2.75, 3.05) is 7.11 Å². The predicted octanol–water partition coefficient (Wildman–Crippen LogP) is 0.880. The maximum Gasteiger partial charge on any atom is 0.313 e. The zero-order valence-corrected chi connectivity index (χ0v) is 10.9. The first kappa shape index (κ1) is 14.9. The number of carbonyl (C=O) groups excluding carboxylic acids is 3. The predicted molar refractivity (Wildman–Crippen MR) is 69.1 cm³/mol. The number of carbonyl (C=O) groups is 3. The Kier molecular flexibility index (Phi) is 5.23. The van der Waals surface area contributed by atoms with Crippen molar-refractivity contribution in [3.05, 3.63) is 35.9 Å². The molecule has 1 rings (SSSR count). The van der Waals surface area contributed by atoms with E-state index >= 15 is 0 Å². The molecule has 1 aromatic rings. The van der Waals surface area contributed by atoms with Crippen LogP contribution in [0, 0.1) is 11.8 Å². The summed E-state index contributed by atoms with van der Waals surface area (Å²) in [5.74, 6) is -3.60. The van der Waals surface area contributed by atoms with Gasteiger partial charge in [0, 0.05) is 11.8 Å². The summed E-state index contributed by atoms with van der Waals surface area (Å²) in [5.41, 5.74) is 5.84. The molecule has 0 spiro atoms. The van der Waals surface area contributed by atoms with Crippen LogP contribution in [0.3, 0.4) is 0 Å². The highest BCUT2D eigenvalue weighted by atomic mass is 16.5. The summed E-state index contributed by atoms with van der Waals surface area (Å²) in [7, 11) is 1.25. The van der Waals surface area contributed by atoms with E-state index in [9.17, 15) is 14.4 Å². The Bertz CT molecular complexity index is 458. The van der Waals surface area contributed by atoms with E-state index in [1.54, 1.807) is 30.3 Å². The third-order valence-corrected chi connectivity index (χ3v) is 3.18. The Labute approximate surface area is 111 Å². The lowest BCUT2D eigenvalue weighted by Gasteiger charge is -2.24. The molecule has 0 heterocycles. The van der Waals surface area contributed by atoms with E-state index in [1.807, 2.05) is 0 Å². The maximum atomic E-state index is 11.9. The summed E-state index contributed by atoms with van der Waals surface area (Å²) >= 11 is 0. The van der Waals surface area contributed by atoms with Gasteiger partial charge in [-0.1, -0.05) is 37.3 Å². The Morgan fingerprint density at radius 2 is 1.84 bits per heavy atom. The zero-order chi connectivity index (χ0) is 14.4. The number of nitrogens with two attached hydrogens (primary N) is 1. The highest BCUT2D eigenvalue weighted by Crippen LogP contribution is 2.30. The number of hydrogen-bond acceptors (Lipinski definition) is 4. The molecule has 1 aromatic carbocycles. The van der Waals surface area contributed by atoms with Crippen molar-refractivity contribution >= 4 is 18.2 Å². The van der Waals surface area contributed by atoms with Gasteiger partial charge in [-0.05, 0) is 5.56 Å². The summed E-state index contributed by atoms with van der Waals surface area (Å²) in [6.07, 6.45) is 0.587. The largest absolute Gasteiger partial charge is 0.469 e. The van der Waals surface area contributed by atoms with E-state index in [4.69, 9.17) is 10.5 Å². The van der Waals surface area contributed by atoms with Crippen molar-refractivity contribution < 1.29 is 19.1 Å². The Morgan fingerprint density at radius 1 is 1.26 bits per heavy atom. The molecule has 0 aliphatic rings. The van der Waals surface area contributed by atoms with Crippen LogP contribution in [0.5, 0.6) is 0 Å². The molecule has 5 heteroatoms. The van der Waals surface area contributed by atoms with Crippen LogP contribution in [-0.4, -0.2) is 25.3 Å². The second-order valence-electron chi connectivity index (χ2n) is 4.32. The quantitative estimate of drug-likeness (QED) is 0.609. The molecule has 0 bridgehead atoms. The Hall–Kier alpha value is -2.17. The van der Waals surface area contributed by atoms with E-state index in [2.05, 4.69) is 0 Å². The molecule has 0 aliphatic carbocycles. The lowest BCUT2D eigenvalue weighted by Crippen LogP contribution is -2.35. The molecular weight excluding hydrogens is 246 g/mol. The minimum atomic E-state index is -0.840. The highest BCUT2D eigenvalue weighted by molar-refractivity contribution is 5.86. The number of benzene rings is 1. The maximum absolute atomic E-state index is 11.9. The van der Waals surface area contributed by atoms with Gasteiger partial charge >= 0.3 is 5.97 Å². The van der Waals surface area contributed by atoms with E-state index in [1.165, 1.54) is 14.0 Å². The summed E-state index contributed by atoms with van der Waals surface area (Å²) in [4.78, 5) is 34.4. The molecule has 5 nitrogen and oxygen atoms in total. The molecule has 0 saturated heterocycles. The number of ether oxygens (including phenoxy) is 1. The number of esters is 1. The monoisotopic (exact) mass is 263 g/mol. The van der Waals surface area contributed by atoms with Crippen LogP contribution in [0.4, 0.5) is 0 Å². The number of primary amides is 1. The first-order valence-electron chi connectivity index (χ1n) is 5.90.